The molecule has 1 aromatic carbocycles. The molecule has 13 nitrogen and oxygen atoms in total. The van der Waals surface area contributed by atoms with Gasteiger partial charge in [-0.2, -0.15) is 0 Å². The molecule has 0 fully saturated rings. The van der Waals surface area contributed by atoms with Gasteiger partial charge in [-0.05, 0) is 50.1 Å². The van der Waals surface area contributed by atoms with E-state index in [-0.39, 0.29) is 25.0 Å². The van der Waals surface area contributed by atoms with Gasteiger partial charge in [0.2, 0.25) is 16.0 Å². The number of aromatic nitrogens is 6. The van der Waals surface area contributed by atoms with E-state index in [1.54, 1.807) is 43.0 Å². The summed E-state index contributed by atoms with van der Waals surface area (Å²) in [6, 6.07) is 7.08. The summed E-state index contributed by atoms with van der Waals surface area (Å²) < 4.78 is 54.1. The summed E-state index contributed by atoms with van der Waals surface area (Å²) in [4.78, 5) is 12.9. The summed E-state index contributed by atoms with van der Waals surface area (Å²) in [5.41, 5.74) is 2.72. The standard InChI is InChI=1S/C27H33N7O6S/c1-17-12-20(16-28-13-17)26-31-32-27(34(26)23-21(38-5)8-7-9-22(23)39-6)33-41(35,36)19(3)24(40-11-10-37-4)25-29-14-18(2)15-30-25/h7-9,12-16,19,24H,10-11H2,1-6H3,(H,32,33)/t19-,24-/m1/s1. The predicted octanol–water partition coefficient (Wildman–Crippen LogP) is 3.29. The fourth-order valence-electron chi connectivity index (χ4n) is 4.09. The van der Waals surface area contributed by atoms with Crippen LogP contribution in [0.15, 0.2) is 49.1 Å². The van der Waals surface area contributed by atoms with Gasteiger partial charge >= 0.3 is 0 Å². The smallest absolute Gasteiger partial charge is 0.243 e. The average Bonchev–Trinajstić information content (AvgIpc) is 3.37. The van der Waals surface area contributed by atoms with Crippen LogP contribution in [0.25, 0.3) is 17.1 Å². The predicted molar refractivity (Wildman–Crippen MR) is 152 cm³/mol. The molecule has 4 aromatic rings. The van der Waals surface area contributed by atoms with Crippen molar-refractivity contribution >= 4 is 16.0 Å². The third-order valence-corrected chi connectivity index (χ3v) is 7.90. The van der Waals surface area contributed by atoms with Crippen molar-refractivity contribution in [2.24, 2.45) is 0 Å². The van der Waals surface area contributed by atoms with Gasteiger partial charge in [-0.15, -0.1) is 10.2 Å². The van der Waals surface area contributed by atoms with Gasteiger partial charge in [-0.1, -0.05) is 6.07 Å². The SMILES string of the molecule is COCCO[C@@H](c1ncc(C)cn1)[C@@H](C)S(=O)(=O)Nc1nnc(-c2cncc(C)c2)n1-c1c(OC)cccc1OC. The van der Waals surface area contributed by atoms with Crippen LogP contribution in [0.1, 0.15) is 30.0 Å². The van der Waals surface area contributed by atoms with Gasteiger partial charge in [0.1, 0.15) is 28.5 Å². The third-order valence-electron chi connectivity index (χ3n) is 6.21. The van der Waals surface area contributed by atoms with Crippen molar-refractivity contribution < 1.29 is 27.4 Å². The lowest BCUT2D eigenvalue weighted by molar-refractivity contribution is 0.0119. The molecule has 0 bridgehead atoms. The van der Waals surface area contributed by atoms with Gasteiger partial charge in [0, 0.05) is 37.5 Å². The highest BCUT2D eigenvalue weighted by Crippen LogP contribution is 2.38. The number of hydrogen-bond donors (Lipinski definition) is 1. The maximum Gasteiger partial charge on any atom is 0.243 e. The van der Waals surface area contributed by atoms with E-state index in [9.17, 15) is 8.42 Å². The molecular weight excluding hydrogens is 550 g/mol. The van der Waals surface area contributed by atoms with Crippen molar-refractivity contribution in [3.05, 3.63) is 66.0 Å². The molecule has 3 heterocycles. The average molecular weight is 584 g/mol. The molecule has 2 atom stereocenters. The minimum atomic E-state index is -4.17. The Morgan fingerprint density at radius 2 is 1.61 bits per heavy atom. The van der Waals surface area contributed by atoms with E-state index in [0.29, 0.717) is 28.6 Å². The van der Waals surface area contributed by atoms with Gasteiger partial charge < -0.3 is 18.9 Å². The Morgan fingerprint density at radius 1 is 0.927 bits per heavy atom. The second-order valence-corrected chi connectivity index (χ2v) is 11.2. The van der Waals surface area contributed by atoms with Gasteiger partial charge in [-0.25, -0.2) is 18.4 Å². The van der Waals surface area contributed by atoms with Crippen molar-refractivity contribution in [3.63, 3.8) is 0 Å². The number of ether oxygens (including phenoxy) is 4. The zero-order valence-electron chi connectivity index (χ0n) is 23.7. The van der Waals surface area contributed by atoms with E-state index in [4.69, 9.17) is 18.9 Å². The fourth-order valence-corrected chi connectivity index (χ4v) is 5.19. The molecule has 1 N–H and O–H groups in total. The molecule has 0 saturated heterocycles. The van der Waals surface area contributed by atoms with E-state index in [2.05, 4.69) is 29.9 Å². The van der Waals surface area contributed by atoms with Crippen LogP contribution in [0.5, 0.6) is 11.5 Å². The second kappa shape index (κ2) is 13.0. The Kier molecular flexibility index (Phi) is 9.47. The van der Waals surface area contributed by atoms with Crippen LogP contribution >= 0.6 is 0 Å². The summed E-state index contributed by atoms with van der Waals surface area (Å²) in [5, 5.41) is 7.42. The molecule has 0 radical (unpaired) electrons. The number of hydrogen-bond acceptors (Lipinski definition) is 11. The van der Waals surface area contributed by atoms with Crippen molar-refractivity contribution in [1.29, 1.82) is 0 Å². The summed E-state index contributed by atoms with van der Waals surface area (Å²) in [6.07, 6.45) is 5.53. The van der Waals surface area contributed by atoms with Crippen LogP contribution in [0, 0.1) is 13.8 Å². The van der Waals surface area contributed by atoms with Crippen LogP contribution in [0.4, 0.5) is 5.95 Å². The summed E-state index contributed by atoms with van der Waals surface area (Å²) in [6.45, 7) is 5.64. The molecule has 3 aromatic heterocycles. The van der Waals surface area contributed by atoms with Crippen LogP contribution in [-0.2, 0) is 19.5 Å². The summed E-state index contributed by atoms with van der Waals surface area (Å²) >= 11 is 0. The normalized spacial score (nSPS) is 13.0. The first-order valence-electron chi connectivity index (χ1n) is 12.7. The molecule has 0 saturated carbocycles. The maximum absolute atomic E-state index is 13.9. The number of benzene rings is 1. The van der Waals surface area contributed by atoms with Gasteiger partial charge in [0.05, 0.1) is 27.4 Å². The van der Waals surface area contributed by atoms with E-state index in [1.807, 2.05) is 19.9 Å². The number of anilines is 1. The number of methoxy groups -OCH3 is 3. The Balaban J connectivity index is 1.82. The first-order chi connectivity index (χ1) is 19.7. The highest BCUT2D eigenvalue weighted by Gasteiger charge is 2.35. The molecule has 0 aliphatic carbocycles. The number of rotatable bonds is 13. The van der Waals surface area contributed by atoms with E-state index in [0.717, 1.165) is 11.1 Å². The lowest BCUT2D eigenvalue weighted by Crippen LogP contribution is -2.34. The number of para-hydroxylation sites is 1. The largest absolute Gasteiger partial charge is 0.494 e. The number of pyridine rings is 1. The highest BCUT2D eigenvalue weighted by atomic mass is 32.2. The van der Waals surface area contributed by atoms with Gasteiger partial charge in [-0.3, -0.25) is 14.3 Å². The maximum atomic E-state index is 13.9. The molecule has 4 rings (SSSR count). The lowest BCUT2D eigenvalue weighted by atomic mass is 10.2. The van der Waals surface area contributed by atoms with E-state index in [1.165, 1.54) is 32.8 Å². The number of nitrogens with zero attached hydrogens (tertiary/aromatic N) is 6. The van der Waals surface area contributed by atoms with E-state index < -0.39 is 21.4 Å². The Bertz CT molecular complexity index is 1560. The zero-order chi connectivity index (χ0) is 29.6. The zero-order valence-corrected chi connectivity index (χ0v) is 24.5. The van der Waals surface area contributed by atoms with Crippen LogP contribution in [0.2, 0.25) is 0 Å². The first kappa shape index (κ1) is 29.8. The Hall–Kier alpha value is -4.14. The molecular formula is C27H33N7O6S. The molecule has 0 aliphatic heterocycles. The number of aryl methyl sites for hydroxylation is 2. The number of nitrogens with one attached hydrogen (secondary N) is 1. The fraction of sp³-hybridized carbons (Fsp3) is 0.370. The lowest BCUT2D eigenvalue weighted by Gasteiger charge is -2.24. The minimum absolute atomic E-state index is 0.0865. The van der Waals surface area contributed by atoms with Gasteiger partial charge in [0.25, 0.3) is 0 Å². The minimum Gasteiger partial charge on any atom is -0.494 e. The van der Waals surface area contributed by atoms with Crippen molar-refractivity contribution in [1.82, 2.24) is 29.7 Å². The molecule has 41 heavy (non-hydrogen) atoms. The molecule has 0 unspecified atom stereocenters. The van der Waals surface area contributed by atoms with Crippen LogP contribution < -0.4 is 14.2 Å². The topological polar surface area (TPSA) is 152 Å². The van der Waals surface area contributed by atoms with Gasteiger partial charge in [0.15, 0.2) is 11.6 Å². The quantitative estimate of drug-likeness (QED) is 0.231. The second-order valence-electron chi connectivity index (χ2n) is 9.20. The number of sulfonamides is 1. The molecule has 0 amide bonds. The van der Waals surface area contributed by atoms with Crippen LogP contribution in [0.3, 0.4) is 0 Å². The third kappa shape index (κ3) is 6.61. The van der Waals surface area contributed by atoms with Crippen molar-refractivity contribution in [3.8, 4) is 28.6 Å². The van der Waals surface area contributed by atoms with Crippen molar-refractivity contribution in [2.45, 2.75) is 32.1 Å². The molecule has 218 valence electrons. The summed E-state index contributed by atoms with van der Waals surface area (Å²) in [7, 11) is 0.371. The molecule has 0 spiro atoms. The monoisotopic (exact) mass is 583 g/mol. The first-order valence-corrected chi connectivity index (χ1v) is 14.2. The Morgan fingerprint density at radius 3 is 2.22 bits per heavy atom. The summed E-state index contributed by atoms with van der Waals surface area (Å²) in [5.74, 6) is 1.28. The molecule has 14 heteroatoms. The highest BCUT2D eigenvalue weighted by molar-refractivity contribution is 7.93. The molecule has 0 aliphatic rings. The van der Waals surface area contributed by atoms with E-state index >= 15 is 0 Å². The van der Waals surface area contributed by atoms with Crippen molar-refractivity contribution in [2.75, 3.05) is 39.3 Å². The Labute approximate surface area is 239 Å². The van der Waals surface area contributed by atoms with Crippen LogP contribution in [-0.4, -0.2) is 77.9 Å².